The topological polar surface area (TPSA) is 66.4 Å². The quantitative estimate of drug-likeness (QED) is 0.0202. The third-order valence-electron chi connectivity index (χ3n) is 11.1. The Morgan fingerprint density at radius 1 is 0.434 bits per heavy atom. The summed E-state index contributed by atoms with van der Waals surface area (Å²) in [4.78, 5) is 0. The lowest BCUT2D eigenvalue weighted by molar-refractivity contribution is 0.314. The molecule has 0 aromatic rings. The van der Waals surface area contributed by atoms with Crippen LogP contribution in [0, 0.1) is 0 Å². The van der Waals surface area contributed by atoms with Crippen molar-refractivity contribution in [3.8, 4) is 0 Å². The molecule has 0 radical (unpaired) electrons. The highest BCUT2D eigenvalue weighted by Crippen LogP contribution is 2.62. The van der Waals surface area contributed by atoms with Crippen molar-refractivity contribution in [3.63, 3.8) is 0 Å². The Labute approximate surface area is 344 Å². The first kappa shape index (κ1) is 56.0. The van der Waals surface area contributed by atoms with Crippen LogP contribution in [-0.4, -0.2) is 55.5 Å². The monoisotopic (exact) mass is 831 g/mol. The van der Waals surface area contributed by atoms with Crippen molar-refractivity contribution in [2.75, 3.05) is 31.8 Å². The van der Waals surface area contributed by atoms with Crippen molar-refractivity contribution < 1.29 is 17.2 Å². The molecule has 0 saturated carbocycles. The Bertz CT molecular complexity index is 766. The van der Waals surface area contributed by atoms with Crippen molar-refractivity contribution in [2.45, 2.75) is 257 Å². The van der Waals surface area contributed by atoms with Gasteiger partial charge in [0.05, 0.1) is 42.5 Å². The fourth-order valence-corrected chi connectivity index (χ4v) is 14.9. The second-order valence-electron chi connectivity index (χ2n) is 16.4. The number of halogens is 2. The van der Waals surface area contributed by atoms with Gasteiger partial charge in [0, 0.05) is 7.26 Å². The highest BCUT2D eigenvalue weighted by molar-refractivity contribution is 7.80. The van der Waals surface area contributed by atoms with Gasteiger partial charge in [0.15, 0.2) is 0 Å². The molecular weight excluding hydrogens is 738 g/mol. The van der Waals surface area contributed by atoms with E-state index in [2.05, 4.69) is 31.9 Å². The molecule has 0 aromatic carbocycles. The molecule has 0 bridgehead atoms. The maximum absolute atomic E-state index is 9.22. The van der Waals surface area contributed by atoms with Crippen LogP contribution in [0.3, 0.4) is 0 Å². The van der Waals surface area contributed by atoms with E-state index in [0.717, 1.165) is 7.11 Å². The van der Waals surface area contributed by atoms with E-state index in [0.29, 0.717) is 10.8 Å². The summed E-state index contributed by atoms with van der Waals surface area (Å²) in [5.41, 5.74) is 0. The largest absolute Gasteiger partial charge is 0.726 e. The van der Waals surface area contributed by atoms with Crippen LogP contribution in [0.1, 0.15) is 246 Å². The average Bonchev–Trinajstić information content (AvgIpc) is 3.13. The minimum Gasteiger partial charge on any atom is -0.726 e. The van der Waals surface area contributed by atoms with E-state index in [1.165, 1.54) is 243 Å². The Morgan fingerprint density at radius 3 is 0.849 bits per heavy atom. The van der Waals surface area contributed by atoms with Crippen LogP contribution < -0.4 is 0 Å². The Hall–Kier alpha value is 0.880. The summed E-state index contributed by atoms with van der Waals surface area (Å²) >= 11 is 14.4. The van der Waals surface area contributed by atoms with Crippen molar-refractivity contribution in [3.05, 3.63) is 0 Å². The predicted octanol–water partition coefficient (Wildman–Crippen LogP) is 16.7. The molecule has 0 aliphatic carbocycles. The zero-order valence-electron chi connectivity index (χ0n) is 36.3. The van der Waals surface area contributed by atoms with E-state index >= 15 is 0 Å². The van der Waals surface area contributed by atoms with Gasteiger partial charge in [0.25, 0.3) is 0 Å². The van der Waals surface area contributed by atoms with Gasteiger partial charge < -0.3 is 4.55 Å². The fourth-order valence-electron chi connectivity index (χ4n) is 7.68. The van der Waals surface area contributed by atoms with Gasteiger partial charge >= 0.3 is 0 Å². The van der Waals surface area contributed by atoms with Gasteiger partial charge in [0.2, 0.25) is 10.4 Å². The van der Waals surface area contributed by atoms with E-state index in [-0.39, 0.29) is 0 Å². The zero-order valence-corrected chi connectivity index (χ0v) is 39.5. The summed E-state index contributed by atoms with van der Waals surface area (Å²) in [5, 5.41) is 0.749. The van der Waals surface area contributed by atoms with Crippen LogP contribution in [-0.2, 0) is 14.6 Å². The van der Waals surface area contributed by atoms with E-state index in [4.69, 9.17) is 23.2 Å². The minimum atomic E-state index is -4.41. The lowest BCUT2D eigenvalue weighted by atomic mass is 10.0. The van der Waals surface area contributed by atoms with Gasteiger partial charge in [0.1, 0.15) is 0 Å². The van der Waals surface area contributed by atoms with E-state index in [1.54, 1.807) is 0 Å². The van der Waals surface area contributed by atoms with Crippen LogP contribution in [0.25, 0.3) is 0 Å². The smallest absolute Gasteiger partial charge is 0.217 e. The summed E-state index contributed by atoms with van der Waals surface area (Å²) in [6, 6.07) is 0. The maximum Gasteiger partial charge on any atom is 0.217 e. The van der Waals surface area contributed by atoms with Crippen LogP contribution in [0.5, 0.6) is 0 Å². The zero-order chi connectivity index (χ0) is 39.7. The number of hydrogen-bond acceptors (Lipinski definition) is 4. The second kappa shape index (κ2) is 42.5. The van der Waals surface area contributed by atoms with Gasteiger partial charge in [-0.25, -0.2) is 8.42 Å². The third-order valence-corrected chi connectivity index (χ3v) is 17.6. The first-order valence-corrected chi connectivity index (χ1v) is 28.0. The second-order valence-corrected chi connectivity index (χ2v) is 23.1. The summed E-state index contributed by atoms with van der Waals surface area (Å²) in [7, 11) is -4.69. The summed E-state index contributed by atoms with van der Waals surface area (Å²) < 4.78 is 31.0. The van der Waals surface area contributed by atoms with E-state index < -0.39 is 17.7 Å². The Balaban J connectivity index is 0. The highest BCUT2D eigenvalue weighted by atomic mass is 35.5. The van der Waals surface area contributed by atoms with Gasteiger partial charge in [-0.05, 0) is 25.7 Å². The molecule has 2 atom stereocenters. The van der Waals surface area contributed by atoms with Crippen LogP contribution in [0.4, 0.5) is 0 Å². The highest BCUT2D eigenvalue weighted by Gasteiger charge is 2.40. The molecule has 322 valence electrons. The van der Waals surface area contributed by atoms with Gasteiger partial charge in [-0.15, -0.1) is 23.2 Å². The molecule has 8 heteroatoms. The summed E-state index contributed by atoms with van der Waals surface area (Å²) in [6.07, 6.45) is 53.3. The summed E-state index contributed by atoms with van der Waals surface area (Å²) in [5.74, 6) is 0. The van der Waals surface area contributed by atoms with Crippen molar-refractivity contribution in [1.29, 1.82) is 0 Å². The maximum atomic E-state index is 9.22. The van der Waals surface area contributed by atoms with Crippen molar-refractivity contribution in [1.82, 2.24) is 0 Å². The lowest BCUT2D eigenvalue weighted by Crippen LogP contribution is -2.23. The lowest BCUT2D eigenvalue weighted by Gasteiger charge is -2.31. The van der Waals surface area contributed by atoms with E-state index in [9.17, 15) is 13.0 Å². The van der Waals surface area contributed by atoms with E-state index in [1.807, 2.05) is 0 Å². The number of alkyl halides is 2. The third kappa shape index (κ3) is 43.8. The summed E-state index contributed by atoms with van der Waals surface area (Å²) in [6.45, 7) is 9.35. The normalized spacial score (nSPS) is 13.2. The molecule has 0 amide bonds. The standard InChI is InChI=1S/C44H90Cl2P.CH4O4S/c1-5-9-13-15-17-19-21-23-25-27-29-31-33-35-37-43(45)41-47(39-11-7-3,40-12-8-4)42-44(46)38-36-34-32-30-28-26-24-22-20-18-16-14-10-6-2;1-5-6(2,3)4/h43-44H,5-42H2,1-4H3;1H3,(H,2,3,4)/q+1;/p-1. The van der Waals surface area contributed by atoms with Gasteiger partial charge in [-0.1, -0.05) is 220 Å². The Morgan fingerprint density at radius 2 is 0.642 bits per heavy atom. The molecule has 0 aliphatic rings. The molecule has 4 nitrogen and oxygen atoms in total. The molecule has 0 saturated heterocycles. The Kier molecular flexibility index (Phi) is 44.9. The molecule has 0 aliphatic heterocycles. The molecule has 0 heterocycles. The average molecular weight is 832 g/mol. The SMILES string of the molecule is CCCCCCCCCCCCCCCCC(Cl)C[P+](CCCC)(CCCC)CC(Cl)CCCCCCCCCCCCCCCC.COS(=O)(=O)[O-]. The predicted molar refractivity (Wildman–Crippen MR) is 242 cm³/mol. The number of rotatable bonds is 41. The molecule has 2 unspecified atom stereocenters. The van der Waals surface area contributed by atoms with Crippen LogP contribution in [0.2, 0.25) is 0 Å². The molecular formula is C45H93Cl2O4PS. The number of unbranched alkanes of at least 4 members (excludes halogenated alkanes) is 28. The first-order valence-electron chi connectivity index (χ1n) is 23.2. The van der Waals surface area contributed by atoms with Gasteiger partial charge in [-0.2, -0.15) is 0 Å². The molecule has 0 fully saturated rings. The number of hydrogen-bond donors (Lipinski definition) is 0. The van der Waals surface area contributed by atoms with Gasteiger partial charge in [-0.3, -0.25) is 4.18 Å². The molecule has 0 rings (SSSR count). The first-order chi connectivity index (χ1) is 25.6. The van der Waals surface area contributed by atoms with Crippen molar-refractivity contribution >= 4 is 40.9 Å². The van der Waals surface area contributed by atoms with Crippen LogP contribution in [0.15, 0.2) is 0 Å². The molecule has 0 N–H and O–H groups in total. The van der Waals surface area contributed by atoms with Crippen LogP contribution >= 0.6 is 30.5 Å². The fraction of sp³-hybridized carbons (Fsp3) is 1.00. The molecule has 0 aromatic heterocycles. The van der Waals surface area contributed by atoms with Crippen molar-refractivity contribution in [2.24, 2.45) is 0 Å². The minimum absolute atomic E-state index is 0.374. The molecule has 0 spiro atoms. The molecule has 53 heavy (non-hydrogen) atoms.